The summed E-state index contributed by atoms with van der Waals surface area (Å²) in [7, 11) is 0. The third-order valence-corrected chi connectivity index (χ3v) is 4.07. The number of nitrogens with zero attached hydrogens (tertiary/aromatic N) is 1. The molecule has 0 amide bonds. The molecule has 2 rings (SSSR count). The monoisotopic (exact) mass is 276 g/mol. The third-order valence-electron chi connectivity index (χ3n) is 4.07. The van der Waals surface area contributed by atoms with E-state index in [1.165, 1.54) is 37.9 Å². The normalized spacial score (nSPS) is 17.9. The van der Waals surface area contributed by atoms with Gasteiger partial charge in [-0.25, -0.2) is 0 Å². The minimum absolute atomic E-state index is 0.265. The molecule has 3 nitrogen and oxygen atoms in total. The van der Waals surface area contributed by atoms with Gasteiger partial charge in [0, 0.05) is 12.6 Å². The van der Waals surface area contributed by atoms with Crippen molar-refractivity contribution in [2.75, 3.05) is 26.2 Å². The number of likely N-dealkylation sites (tertiary alicyclic amines) is 1. The van der Waals surface area contributed by atoms with E-state index in [4.69, 9.17) is 10.5 Å². The van der Waals surface area contributed by atoms with Crippen molar-refractivity contribution >= 4 is 0 Å². The quantitative estimate of drug-likeness (QED) is 0.832. The number of rotatable bonds is 7. The lowest BCUT2D eigenvalue weighted by molar-refractivity contribution is 0.183. The van der Waals surface area contributed by atoms with Gasteiger partial charge in [0.25, 0.3) is 0 Å². The van der Waals surface area contributed by atoms with E-state index in [0.29, 0.717) is 0 Å². The summed E-state index contributed by atoms with van der Waals surface area (Å²) in [5.74, 6) is 0.968. The number of hydrogen-bond donors (Lipinski definition) is 1. The van der Waals surface area contributed by atoms with Crippen LogP contribution >= 0.6 is 0 Å². The van der Waals surface area contributed by atoms with Gasteiger partial charge in [0.05, 0.1) is 0 Å². The number of piperidine rings is 1. The van der Waals surface area contributed by atoms with Crippen LogP contribution in [0.4, 0.5) is 0 Å². The van der Waals surface area contributed by atoms with Crippen LogP contribution < -0.4 is 10.5 Å². The maximum Gasteiger partial charge on any atom is 0.119 e. The van der Waals surface area contributed by atoms with Crippen LogP contribution in [0.1, 0.15) is 38.2 Å². The fourth-order valence-electron chi connectivity index (χ4n) is 2.64. The summed E-state index contributed by atoms with van der Waals surface area (Å²) in [6.07, 6.45) is 6.04. The Balaban J connectivity index is 1.70. The maximum absolute atomic E-state index is 5.97. The topological polar surface area (TPSA) is 38.5 Å². The Kier molecular flexibility index (Phi) is 6.34. The van der Waals surface area contributed by atoms with Gasteiger partial charge in [-0.1, -0.05) is 25.5 Å². The van der Waals surface area contributed by atoms with Crippen LogP contribution in [0, 0.1) is 0 Å². The van der Waals surface area contributed by atoms with Crippen LogP contribution in [0.3, 0.4) is 0 Å². The van der Waals surface area contributed by atoms with Gasteiger partial charge in [-0.3, -0.25) is 4.90 Å². The first-order valence-corrected chi connectivity index (χ1v) is 7.97. The molecular formula is C17H28N2O. The van der Waals surface area contributed by atoms with Crippen LogP contribution in [-0.2, 0) is 6.42 Å². The average Bonchev–Trinajstić information content (AvgIpc) is 2.50. The molecule has 1 heterocycles. The molecule has 0 spiro atoms. The van der Waals surface area contributed by atoms with E-state index >= 15 is 0 Å². The average molecular weight is 276 g/mol. The summed E-state index contributed by atoms with van der Waals surface area (Å²) in [5, 5.41) is 0. The number of hydrogen-bond acceptors (Lipinski definition) is 3. The van der Waals surface area contributed by atoms with Gasteiger partial charge in [0.15, 0.2) is 0 Å². The van der Waals surface area contributed by atoms with Crippen LogP contribution in [-0.4, -0.2) is 37.2 Å². The predicted molar refractivity (Wildman–Crippen MR) is 84.2 cm³/mol. The molecular weight excluding hydrogens is 248 g/mol. The van der Waals surface area contributed by atoms with E-state index in [-0.39, 0.29) is 6.04 Å². The molecule has 2 N–H and O–H groups in total. The predicted octanol–water partition coefficient (Wildman–Crippen LogP) is 2.83. The first-order chi connectivity index (χ1) is 9.78. The van der Waals surface area contributed by atoms with Crippen molar-refractivity contribution in [2.45, 2.75) is 45.1 Å². The second-order valence-corrected chi connectivity index (χ2v) is 5.77. The summed E-state index contributed by atoms with van der Waals surface area (Å²) < 4.78 is 5.82. The molecule has 1 unspecified atom stereocenters. The molecule has 1 atom stereocenters. The molecule has 1 fully saturated rings. The van der Waals surface area contributed by atoms with Gasteiger partial charge in [0.1, 0.15) is 12.4 Å². The zero-order valence-electron chi connectivity index (χ0n) is 12.7. The summed E-state index contributed by atoms with van der Waals surface area (Å²) in [6.45, 7) is 6.42. The van der Waals surface area contributed by atoms with Crippen LogP contribution in [0.5, 0.6) is 5.75 Å². The van der Waals surface area contributed by atoms with Crippen molar-refractivity contribution in [1.82, 2.24) is 4.90 Å². The summed E-state index contributed by atoms with van der Waals surface area (Å²) in [4.78, 5) is 2.50. The Morgan fingerprint density at radius 3 is 2.50 bits per heavy atom. The van der Waals surface area contributed by atoms with Gasteiger partial charge >= 0.3 is 0 Å². The fraction of sp³-hybridized carbons (Fsp3) is 0.647. The molecule has 0 radical (unpaired) electrons. The lowest BCUT2D eigenvalue weighted by Gasteiger charge is -2.26. The van der Waals surface area contributed by atoms with E-state index in [0.717, 1.165) is 31.7 Å². The molecule has 1 saturated heterocycles. The highest BCUT2D eigenvalue weighted by Gasteiger charge is 2.09. The molecule has 0 bridgehead atoms. The van der Waals surface area contributed by atoms with Crippen LogP contribution in [0.15, 0.2) is 24.3 Å². The summed E-state index contributed by atoms with van der Waals surface area (Å²) in [5.41, 5.74) is 7.26. The largest absolute Gasteiger partial charge is 0.492 e. The van der Waals surface area contributed by atoms with Crippen LogP contribution in [0.25, 0.3) is 0 Å². The SMILES string of the molecule is CCC(N)Cc1ccc(OCCN2CCCCC2)cc1. The number of ether oxygens (including phenoxy) is 1. The molecule has 1 aromatic carbocycles. The van der Waals surface area contributed by atoms with Crippen molar-refractivity contribution < 1.29 is 4.74 Å². The molecule has 0 aliphatic carbocycles. The molecule has 20 heavy (non-hydrogen) atoms. The van der Waals surface area contributed by atoms with Crippen LogP contribution in [0.2, 0.25) is 0 Å². The zero-order chi connectivity index (χ0) is 14.2. The molecule has 0 aromatic heterocycles. The lowest BCUT2D eigenvalue weighted by Crippen LogP contribution is -2.33. The van der Waals surface area contributed by atoms with E-state index in [9.17, 15) is 0 Å². The Labute approximate surface area is 123 Å². The van der Waals surface area contributed by atoms with Crippen molar-refractivity contribution in [3.05, 3.63) is 29.8 Å². The molecule has 112 valence electrons. The highest BCUT2D eigenvalue weighted by Crippen LogP contribution is 2.14. The second-order valence-electron chi connectivity index (χ2n) is 5.77. The Morgan fingerprint density at radius 2 is 1.85 bits per heavy atom. The summed E-state index contributed by atoms with van der Waals surface area (Å²) in [6, 6.07) is 8.65. The minimum Gasteiger partial charge on any atom is -0.492 e. The van der Waals surface area contributed by atoms with Crippen molar-refractivity contribution in [3.8, 4) is 5.75 Å². The third kappa shape index (κ3) is 5.14. The molecule has 3 heteroatoms. The highest BCUT2D eigenvalue weighted by molar-refractivity contribution is 5.27. The smallest absolute Gasteiger partial charge is 0.119 e. The van der Waals surface area contributed by atoms with Gasteiger partial charge in [-0.2, -0.15) is 0 Å². The Bertz CT molecular complexity index is 371. The fourth-order valence-corrected chi connectivity index (χ4v) is 2.64. The second kappa shape index (κ2) is 8.28. The van der Waals surface area contributed by atoms with Gasteiger partial charge in [0.2, 0.25) is 0 Å². The van der Waals surface area contributed by atoms with Crippen molar-refractivity contribution in [1.29, 1.82) is 0 Å². The van der Waals surface area contributed by atoms with Gasteiger partial charge in [-0.05, 0) is 56.5 Å². The van der Waals surface area contributed by atoms with E-state index in [2.05, 4.69) is 36.1 Å². The molecule has 1 aliphatic rings. The van der Waals surface area contributed by atoms with E-state index < -0.39 is 0 Å². The first-order valence-electron chi connectivity index (χ1n) is 7.97. The van der Waals surface area contributed by atoms with Gasteiger partial charge < -0.3 is 10.5 Å². The molecule has 0 saturated carbocycles. The Morgan fingerprint density at radius 1 is 1.15 bits per heavy atom. The summed E-state index contributed by atoms with van der Waals surface area (Å²) >= 11 is 0. The van der Waals surface area contributed by atoms with E-state index in [1.807, 2.05) is 0 Å². The maximum atomic E-state index is 5.97. The zero-order valence-corrected chi connectivity index (χ0v) is 12.7. The standard InChI is InChI=1S/C17H28N2O/c1-2-16(18)14-15-6-8-17(9-7-15)20-13-12-19-10-4-3-5-11-19/h6-9,16H,2-5,10-14,18H2,1H3. The number of benzene rings is 1. The molecule has 1 aromatic rings. The molecule has 1 aliphatic heterocycles. The number of nitrogens with two attached hydrogens (primary N) is 1. The lowest BCUT2D eigenvalue weighted by atomic mass is 10.0. The minimum atomic E-state index is 0.265. The van der Waals surface area contributed by atoms with Crippen molar-refractivity contribution in [2.24, 2.45) is 5.73 Å². The van der Waals surface area contributed by atoms with E-state index in [1.54, 1.807) is 0 Å². The Hall–Kier alpha value is -1.06. The first kappa shape index (κ1) is 15.3. The van der Waals surface area contributed by atoms with Crippen molar-refractivity contribution in [3.63, 3.8) is 0 Å². The highest BCUT2D eigenvalue weighted by atomic mass is 16.5. The van der Waals surface area contributed by atoms with Gasteiger partial charge in [-0.15, -0.1) is 0 Å².